The van der Waals surface area contributed by atoms with Crippen molar-refractivity contribution in [3.63, 3.8) is 0 Å². The van der Waals surface area contributed by atoms with E-state index < -0.39 is 12.0 Å². The van der Waals surface area contributed by atoms with Gasteiger partial charge in [-0.15, -0.1) is 0 Å². The first-order chi connectivity index (χ1) is 14.0. The summed E-state index contributed by atoms with van der Waals surface area (Å²) in [5.41, 5.74) is 2.69. The van der Waals surface area contributed by atoms with E-state index in [1.807, 2.05) is 31.2 Å². The Morgan fingerprint density at radius 3 is 2.62 bits per heavy atom. The highest BCUT2D eigenvalue weighted by atomic mass is 16.5. The van der Waals surface area contributed by atoms with E-state index in [1.54, 1.807) is 6.92 Å². The van der Waals surface area contributed by atoms with Crippen LogP contribution in [0.15, 0.2) is 42.0 Å². The Labute approximate surface area is 171 Å². The van der Waals surface area contributed by atoms with Gasteiger partial charge in [-0.2, -0.15) is 5.26 Å². The van der Waals surface area contributed by atoms with E-state index in [4.69, 9.17) is 4.74 Å². The molecule has 1 amide bonds. The van der Waals surface area contributed by atoms with Gasteiger partial charge in [0.05, 0.1) is 19.3 Å². The molecule has 0 aliphatic carbocycles. The monoisotopic (exact) mass is 393 g/mol. The molecule has 1 aliphatic rings. The molecular weight excluding hydrogens is 366 g/mol. The summed E-state index contributed by atoms with van der Waals surface area (Å²) in [4.78, 5) is 14.7. The molecule has 3 rings (SSSR count). The van der Waals surface area contributed by atoms with Crippen LogP contribution in [0.25, 0.3) is 16.3 Å². The van der Waals surface area contributed by atoms with Gasteiger partial charge in [-0.1, -0.05) is 25.1 Å². The highest BCUT2D eigenvalue weighted by Gasteiger charge is 2.16. The van der Waals surface area contributed by atoms with Crippen molar-refractivity contribution in [3.8, 4) is 6.07 Å². The Morgan fingerprint density at radius 2 is 1.93 bits per heavy atom. The van der Waals surface area contributed by atoms with E-state index in [2.05, 4.69) is 28.4 Å². The number of allylic oxidation sites excluding steroid dienone is 1. The molecular formula is C23H27N3O3. The maximum absolute atomic E-state index is 12.4. The second kappa shape index (κ2) is 9.55. The van der Waals surface area contributed by atoms with Gasteiger partial charge in [-0.25, -0.2) is 0 Å². The predicted molar refractivity (Wildman–Crippen MR) is 114 cm³/mol. The summed E-state index contributed by atoms with van der Waals surface area (Å²) in [5.74, 6) is -0.458. The second-order valence-corrected chi connectivity index (χ2v) is 7.23. The number of anilines is 1. The molecule has 2 N–H and O–H groups in total. The number of rotatable bonds is 6. The minimum absolute atomic E-state index is 0.0672. The molecule has 0 radical (unpaired) electrons. The van der Waals surface area contributed by atoms with E-state index in [0.29, 0.717) is 12.0 Å². The summed E-state index contributed by atoms with van der Waals surface area (Å²) in [6.07, 6.45) is -0.0670. The number of hydrogen-bond acceptors (Lipinski definition) is 5. The van der Waals surface area contributed by atoms with Gasteiger partial charge >= 0.3 is 0 Å². The van der Waals surface area contributed by atoms with Crippen LogP contribution in [0.2, 0.25) is 0 Å². The fourth-order valence-electron chi connectivity index (χ4n) is 3.38. The number of amides is 1. The van der Waals surface area contributed by atoms with Crippen molar-refractivity contribution < 1.29 is 14.6 Å². The number of carbonyl (C=O) groups is 1. The molecule has 6 nitrogen and oxygen atoms in total. The average molecular weight is 393 g/mol. The van der Waals surface area contributed by atoms with Gasteiger partial charge in [0.2, 0.25) is 0 Å². The van der Waals surface area contributed by atoms with E-state index in [9.17, 15) is 15.2 Å². The van der Waals surface area contributed by atoms with Crippen molar-refractivity contribution in [1.82, 2.24) is 5.32 Å². The van der Waals surface area contributed by atoms with Gasteiger partial charge < -0.3 is 20.1 Å². The predicted octanol–water partition coefficient (Wildman–Crippen LogP) is 2.86. The molecule has 1 atom stereocenters. The third kappa shape index (κ3) is 4.94. The summed E-state index contributed by atoms with van der Waals surface area (Å²) in [6, 6.07) is 14.3. The van der Waals surface area contributed by atoms with E-state index in [1.165, 1.54) is 5.69 Å². The van der Waals surface area contributed by atoms with Gasteiger partial charge in [0, 0.05) is 25.3 Å². The Kier molecular flexibility index (Phi) is 6.86. The molecule has 0 bridgehead atoms. The summed E-state index contributed by atoms with van der Waals surface area (Å²) in [5, 5.41) is 23.9. The largest absolute Gasteiger partial charge is 0.391 e. The maximum Gasteiger partial charge on any atom is 0.262 e. The quantitative estimate of drug-likeness (QED) is 0.582. The molecule has 1 unspecified atom stereocenters. The SMILES string of the molecule is CCC(O)CNC(=O)/C(C#N)=C(\C)c1ccc2cc(N3CCOCC3)ccc2c1. The molecule has 6 heteroatoms. The van der Waals surface area contributed by atoms with E-state index in [0.717, 1.165) is 42.6 Å². The van der Waals surface area contributed by atoms with Crippen LogP contribution < -0.4 is 10.2 Å². The van der Waals surface area contributed by atoms with Gasteiger partial charge in [-0.3, -0.25) is 4.79 Å². The van der Waals surface area contributed by atoms with Gasteiger partial charge in [0.25, 0.3) is 5.91 Å². The lowest BCUT2D eigenvalue weighted by molar-refractivity contribution is -0.117. The number of morpholine rings is 1. The fourth-order valence-corrected chi connectivity index (χ4v) is 3.38. The number of aliphatic hydroxyl groups excluding tert-OH is 1. The summed E-state index contributed by atoms with van der Waals surface area (Å²) in [6.45, 7) is 7.01. The number of nitrogens with one attached hydrogen (secondary N) is 1. The van der Waals surface area contributed by atoms with Crippen LogP contribution in [0.1, 0.15) is 25.8 Å². The number of carbonyl (C=O) groups excluding carboxylic acids is 1. The van der Waals surface area contributed by atoms with Crippen molar-refractivity contribution in [2.45, 2.75) is 26.4 Å². The zero-order chi connectivity index (χ0) is 20.8. The first kappa shape index (κ1) is 20.8. The summed E-state index contributed by atoms with van der Waals surface area (Å²) < 4.78 is 5.42. The Hall–Kier alpha value is -2.88. The highest BCUT2D eigenvalue weighted by Crippen LogP contribution is 2.27. The first-order valence-electron chi connectivity index (χ1n) is 9.97. The summed E-state index contributed by atoms with van der Waals surface area (Å²) in [7, 11) is 0. The molecule has 2 aromatic rings. The standard InChI is InChI=1S/C23H27N3O3/c1-3-21(27)15-25-23(28)22(14-24)16(2)17-4-5-19-13-20(7-6-18(19)12-17)26-8-10-29-11-9-26/h4-7,12-13,21,27H,3,8-11,15H2,1-2H3,(H,25,28)/b22-16+. The lowest BCUT2D eigenvalue weighted by atomic mass is 9.98. The lowest BCUT2D eigenvalue weighted by Gasteiger charge is -2.29. The number of fused-ring (bicyclic) bond motifs is 1. The number of nitrogens with zero attached hydrogens (tertiary/aromatic N) is 2. The van der Waals surface area contributed by atoms with Crippen LogP contribution in [0.4, 0.5) is 5.69 Å². The minimum atomic E-state index is -0.611. The Morgan fingerprint density at radius 1 is 1.24 bits per heavy atom. The molecule has 29 heavy (non-hydrogen) atoms. The van der Waals surface area contributed by atoms with Crippen LogP contribution in [0.5, 0.6) is 0 Å². The lowest BCUT2D eigenvalue weighted by Crippen LogP contribution is -2.36. The van der Waals surface area contributed by atoms with Gasteiger partial charge in [0.1, 0.15) is 11.6 Å². The topological polar surface area (TPSA) is 85.6 Å². The second-order valence-electron chi connectivity index (χ2n) is 7.23. The number of aliphatic hydroxyl groups is 1. The van der Waals surface area contributed by atoms with Crippen LogP contribution in [-0.4, -0.2) is 50.0 Å². The summed E-state index contributed by atoms with van der Waals surface area (Å²) >= 11 is 0. The molecule has 1 fully saturated rings. The van der Waals surface area contributed by atoms with Crippen molar-refractivity contribution in [2.75, 3.05) is 37.7 Å². The molecule has 1 saturated heterocycles. The van der Waals surface area contributed by atoms with Crippen molar-refractivity contribution in [2.24, 2.45) is 0 Å². The van der Waals surface area contributed by atoms with E-state index in [-0.39, 0.29) is 12.1 Å². The minimum Gasteiger partial charge on any atom is -0.391 e. The van der Waals surface area contributed by atoms with Crippen molar-refractivity contribution in [3.05, 3.63) is 47.5 Å². The average Bonchev–Trinajstić information content (AvgIpc) is 2.77. The highest BCUT2D eigenvalue weighted by molar-refractivity contribution is 6.05. The van der Waals surface area contributed by atoms with Crippen LogP contribution in [0, 0.1) is 11.3 Å². The van der Waals surface area contributed by atoms with Crippen LogP contribution >= 0.6 is 0 Å². The third-order valence-electron chi connectivity index (χ3n) is 5.32. The number of ether oxygens (including phenoxy) is 1. The van der Waals surface area contributed by atoms with Crippen LogP contribution in [0.3, 0.4) is 0 Å². The number of nitriles is 1. The van der Waals surface area contributed by atoms with E-state index >= 15 is 0 Å². The number of hydrogen-bond donors (Lipinski definition) is 2. The zero-order valence-electron chi connectivity index (χ0n) is 16.9. The molecule has 1 aliphatic heterocycles. The third-order valence-corrected chi connectivity index (χ3v) is 5.32. The number of benzene rings is 2. The normalized spacial score (nSPS) is 16.1. The van der Waals surface area contributed by atoms with Crippen molar-refractivity contribution >= 4 is 27.9 Å². The Balaban J connectivity index is 1.85. The molecule has 1 heterocycles. The zero-order valence-corrected chi connectivity index (χ0v) is 16.9. The van der Waals surface area contributed by atoms with Gasteiger partial charge in [-0.05, 0) is 53.5 Å². The Bertz CT molecular complexity index is 955. The molecule has 0 spiro atoms. The smallest absolute Gasteiger partial charge is 0.262 e. The molecule has 2 aromatic carbocycles. The molecule has 0 saturated carbocycles. The maximum atomic E-state index is 12.4. The molecule has 152 valence electrons. The van der Waals surface area contributed by atoms with Crippen LogP contribution in [-0.2, 0) is 9.53 Å². The first-order valence-corrected chi connectivity index (χ1v) is 9.97. The van der Waals surface area contributed by atoms with Crippen molar-refractivity contribution in [1.29, 1.82) is 5.26 Å². The fraction of sp³-hybridized carbons (Fsp3) is 0.391. The van der Waals surface area contributed by atoms with Gasteiger partial charge in [0.15, 0.2) is 0 Å². The molecule has 0 aromatic heterocycles.